The Kier molecular flexibility index (Phi) is 8.12. The van der Waals surface area contributed by atoms with Crippen LogP contribution in [0.1, 0.15) is 31.4 Å². The number of alkyl carbamates (subject to hydrolysis) is 1. The quantitative estimate of drug-likeness (QED) is 0.679. The molecule has 2 N–H and O–H groups in total. The number of nitrogens with one attached hydrogen (secondary N) is 1. The molecule has 2 unspecified atom stereocenters. The Morgan fingerprint density at radius 1 is 1.44 bits per heavy atom. The number of carboxylic acid groups (broad SMARTS) is 1. The van der Waals surface area contributed by atoms with Crippen LogP contribution in [0.25, 0.3) is 0 Å². The van der Waals surface area contributed by atoms with E-state index >= 15 is 0 Å². The summed E-state index contributed by atoms with van der Waals surface area (Å²) in [6, 6.07) is 4.16. The van der Waals surface area contributed by atoms with E-state index in [1.165, 1.54) is 17.0 Å². The minimum absolute atomic E-state index is 0.143. The number of benzene rings is 1. The molecule has 0 saturated carbocycles. The Morgan fingerprint density at radius 3 is 2.89 bits per heavy atom. The van der Waals surface area contributed by atoms with Gasteiger partial charge in [0.25, 0.3) is 0 Å². The summed E-state index contributed by atoms with van der Waals surface area (Å²) in [7, 11) is 0. The molecule has 0 bridgehead atoms. The number of piperidine rings is 1. The van der Waals surface area contributed by atoms with Gasteiger partial charge in [0.15, 0.2) is 0 Å². The van der Waals surface area contributed by atoms with Gasteiger partial charge in [0.1, 0.15) is 5.82 Å². The molecule has 1 fully saturated rings. The van der Waals surface area contributed by atoms with Crippen LogP contribution >= 0.6 is 11.6 Å². The summed E-state index contributed by atoms with van der Waals surface area (Å²) in [4.78, 5) is 24.0. The average Bonchev–Trinajstić information content (AvgIpc) is 2.61. The third-order valence-corrected chi connectivity index (χ3v) is 4.53. The zero-order valence-electron chi connectivity index (χ0n) is 15.1. The van der Waals surface area contributed by atoms with Gasteiger partial charge in [-0.2, -0.15) is 0 Å². The molecular formula is C18H24ClFN2O5. The number of hydrogen-bond donors (Lipinski definition) is 2. The van der Waals surface area contributed by atoms with E-state index in [2.05, 4.69) is 5.32 Å². The molecule has 2 atom stereocenters. The monoisotopic (exact) mass is 402 g/mol. The molecule has 1 aromatic rings. The number of likely N-dealkylation sites (tertiary alicyclic amines) is 1. The van der Waals surface area contributed by atoms with Gasteiger partial charge < -0.3 is 24.8 Å². The van der Waals surface area contributed by atoms with Crippen molar-refractivity contribution in [1.82, 2.24) is 10.2 Å². The smallest absolute Gasteiger partial charge is 0.407 e. The fourth-order valence-corrected chi connectivity index (χ4v) is 3.43. The summed E-state index contributed by atoms with van der Waals surface area (Å²) in [5, 5.41) is 12.1. The Bertz CT molecular complexity index is 640. The van der Waals surface area contributed by atoms with Gasteiger partial charge in [-0.25, -0.2) is 14.0 Å². The van der Waals surface area contributed by atoms with Crippen LogP contribution in [0.4, 0.5) is 14.0 Å². The van der Waals surface area contributed by atoms with Crippen LogP contribution in [0.5, 0.6) is 0 Å². The lowest BCUT2D eigenvalue weighted by Gasteiger charge is -2.35. The fourth-order valence-electron chi connectivity index (χ4n) is 3.20. The summed E-state index contributed by atoms with van der Waals surface area (Å²) in [6.07, 6.45) is -0.625. The van der Waals surface area contributed by atoms with E-state index in [4.69, 9.17) is 21.1 Å². The molecule has 0 spiro atoms. The number of amides is 2. The fraction of sp³-hybridized carbons (Fsp3) is 0.556. The van der Waals surface area contributed by atoms with Crippen molar-refractivity contribution in [2.24, 2.45) is 5.92 Å². The third kappa shape index (κ3) is 6.55. The molecule has 0 aromatic heterocycles. The second-order valence-electron chi connectivity index (χ2n) is 6.27. The number of nitrogens with zero attached hydrogens (tertiary/aromatic N) is 1. The second kappa shape index (κ2) is 10.3. The normalized spacial score (nSPS) is 18.0. The molecule has 150 valence electrons. The number of halogens is 2. The maximum Gasteiger partial charge on any atom is 0.407 e. The molecule has 1 aliphatic rings. The van der Waals surface area contributed by atoms with Crippen molar-refractivity contribution in [3.05, 3.63) is 34.6 Å². The number of rotatable bonds is 7. The average molecular weight is 403 g/mol. The topological polar surface area (TPSA) is 88.1 Å². The highest BCUT2D eigenvalue weighted by molar-refractivity contribution is 6.30. The number of carbonyl (C=O) groups is 2. The van der Waals surface area contributed by atoms with Gasteiger partial charge in [-0.15, -0.1) is 0 Å². The maximum absolute atomic E-state index is 13.8. The highest BCUT2D eigenvalue weighted by Gasteiger charge is 2.31. The SMILES string of the molecule is CCOC(=O)NCCOC(c1cc(F)cc(Cl)c1)C1CCCN(C(=O)O)C1. The molecule has 2 rings (SSSR count). The van der Waals surface area contributed by atoms with E-state index in [0.717, 1.165) is 6.42 Å². The molecule has 7 nitrogen and oxygen atoms in total. The van der Waals surface area contributed by atoms with E-state index in [0.29, 0.717) is 25.1 Å². The van der Waals surface area contributed by atoms with E-state index < -0.39 is 24.1 Å². The first kappa shape index (κ1) is 21.2. The van der Waals surface area contributed by atoms with Crippen molar-refractivity contribution in [1.29, 1.82) is 0 Å². The summed E-state index contributed by atoms with van der Waals surface area (Å²) >= 11 is 5.98. The molecule has 2 amide bonds. The van der Waals surface area contributed by atoms with Gasteiger partial charge >= 0.3 is 12.2 Å². The zero-order valence-corrected chi connectivity index (χ0v) is 15.9. The van der Waals surface area contributed by atoms with E-state index in [1.54, 1.807) is 13.0 Å². The molecule has 0 radical (unpaired) electrons. The first-order valence-electron chi connectivity index (χ1n) is 8.86. The van der Waals surface area contributed by atoms with Gasteiger partial charge in [0.2, 0.25) is 0 Å². The van der Waals surface area contributed by atoms with Crippen LogP contribution in [0, 0.1) is 11.7 Å². The van der Waals surface area contributed by atoms with Gasteiger partial charge in [0.05, 0.1) is 19.3 Å². The van der Waals surface area contributed by atoms with Crippen LogP contribution < -0.4 is 5.32 Å². The highest BCUT2D eigenvalue weighted by atomic mass is 35.5. The predicted molar refractivity (Wildman–Crippen MR) is 97.4 cm³/mol. The van der Waals surface area contributed by atoms with Crippen molar-refractivity contribution < 1.29 is 28.6 Å². The van der Waals surface area contributed by atoms with Gasteiger partial charge in [-0.05, 0) is 43.5 Å². The lowest BCUT2D eigenvalue weighted by Crippen LogP contribution is -2.41. The maximum atomic E-state index is 13.8. The van der Waals surface area contributed by atoms with Crippen LogP contribution in [-0.2, 0) is 9.47 Å². The van der Waals surface area contributed by atoms with Crippen molar-refractivity contribution in [2.45, 2.75) is 25.9 Å². The van der Waals surface area contributed by atoms with Crippen molar-refractivity contribution >= 4 is 23.8 Å². The number of carbonyl (C=O) groups excluding carboxylic acids is 1. The third-order valence-electron chi connectivity index (χ3n) is 4.31. The first-order valence-corrected chi connectivity index (χ1v) is 9.24. The van der Waals surface area contributed by atoms with Gasteiger partial charge in [-0.1, -0.05) is 11.6 Å². The molecule has 1 saturated heterocycles. The van der Waals surface area contributed by atoms with E-state index in [9.17, 15) is 19.1 Å². The Balaban J connectivity index is 2.08. The largest absolute Gasteiger partial charge is 0.465 e. The minimum atomic E-state index is -0.986. The zero-order chi connectivity index (χ0) is 19.8. The summed E-state index contributed by atoms with van der Waals surface area (Å²) < 4.78 is 24.5. The van der Waals surface area contributed by atoms with Crippen molar-refractivity contribution in [3.8, 4) is 0 Å². The molecule has 0 aliphatic carbocycles. The summed E-state index contributed by atoms with van der Waals surface area (Å²) in [5.74, 6) is -0.628. The predicted octanol–water partition coefficient (Wildman–Crippen LogP) is 3.67. The van der Waals surface area contributed by atoms with E-state index in [-0.39, 0.29) is 30.7 Å². The van der Waals surface area contributed by atoms with Crippen LogP contribution in [0.3, 0.4) is 0 Å². The first-order chi connectivity index (χ1) is 12.9. The molecular weight excluding hydrogens is 379 g/mol. The highest BCUT2D eigenvalue weighted by Crippen LogP contribution is 2.34. The lowest BCUT2D eigenvalue weighted by molar-refractivity contribution is -0.0119. The Hall–Kier alpha value is -2.06. The molecule has 9 heteroatoms. The van der Waals surface area contributed by atoms with Gasteiger partial charge in [-0.3, -0.25) is 0 Å². The summed E-state index contributed by atoms with van der Waals surface area (Å²) in [5.41, 5.74) is 0.549. The van der Waals surface area contributed by atoms with Crippen LogP contribution in [-0.4, -0.2) is 55.0 Å². The number of hydrogen-bond acceptors (Lipinski definition) is 4. The second-order valence-corrected chi connectivity index (χ2v) is 6.71. The standard InChI is InChI=1S/C18H24ClFN2O5/c1-2-26-17(23)21-5-7-27-16(13-8-14(19)10-15(20)9-13)12-4-3-6-22(11-12)18(24)25/h8-10,12,16H,2-7,11H2,1H3,(H,21,23)(H,24,25). The van der Waals surface area contributed by atoms with Crippen LogP contribution in [0.2, 0.25) is 5.02 Å². The molecule has 1 heterocycles. The van der Waals surface area contributed by atoms with Crippen LogP contribution in [0.15, 0.2) is 18.2 Å². The molecule has 1 aliphatic heterocycles. The summed E-state index contributed by atoms with van der Waals surface area (Å²) in [6.45, 7) is 3.11. The van der Waals surface area contributed by atoms with E-state index in [1.807, 2.05) is 0 Å². The molecule has 27 heavy (non-hydrogen) atoms. The van der Waals surface area contributed by atoms with Crippen molar-refractivity contribution in [3.63, 3.8) is 0 Å². The van der Waals surface area contributed by atoms with Gasteiger partial charge in [0, 0.05) is 30.6 Å². The van der Waals surface area contributed by atoms with Crippen molar-refractivity contribution in [2.75, 3.05) is 32.8 Å². The molecule has 1 aromatic carbocycles. The Labute approximate surface area is 162 Å². The minimum Gasteiger partial charge on any atom is -0.465 e. The Morgan fingerprint density at radius 2 is 2.22 bits per heavy atom. The number of ether oxygens (including phenoxy) is 2. The lowest BCUT2D eigenvalue weighted by atomic mass is 9.88.